The van der Waals surface area contributed by atoms with E-state index in [1.807, 2.05) is 12.1 Å². The van der Waals surface area contributed by atoms with E-state index in [0.29, 0.717) is 26.4 Å². The normalized spacial score (nSPS) is 15.3. The van der Waals surface area contributed by atoms with Crippen LogP contribution in [0.3, 0.4) is 0 Å². The van der Waals surface area contributed by atoms with Gasteiger partial charge in [-0.1, -0.05) is 146 Å². The fourth-order valence-corrected chi connectivity index (χ4v) is 13.1. The van der Waals surface area contributed by atoms with E-state index in [0.717, 1.165) is 96.0 Å². The van der Waals surface area contributed by atoms with Gasteiger partial charge in [-0.05, 0) is 150 Å². The van der Waals surface area contributed by atoms with Crippen LogP contribution in [0.4, 0.5) is 34.1 Å². The summed E-state index contributed by atoms with van der Waals surface area (Å²) in [7, 11) is 0. The van der Waals surface area contributed by atoms with Crippen molar-refractivity contribution in [3.05, 3.63) is 198 Å². The Morgan fingerprint density at radius 3 is 1.72 bits per heavy atom. The van der Waals surface area contributed by atoms with Crippen molar-refractivity contribution in [3.8, 4) is 67.7 Å². The molecule has 0 unspecified atom stereocenters. The maximum Gasteiger partial charge on any atom is 0.252 e. The van der Waals surface area contributed by atoms with E-state index in [4.69, 9.17) is 23.4 Å². The molecular formula is C71H61BN2O5. The Morgan fingerprint density at radius 1 is 0.418 bits per heavy atom. The van der Waals surface area contributed by atoms with Crippen LogP contribution in [0, 0.1) is 0 Å². The number of benzene rings is 9. The minimum Gasteiger partial charge on any atom is -0.486 e. The van der Waals surface area contributed by atoms with Crippen LogP contribution in [0.25, 0.3) is 55.7 Å². The summed E-state index contributed by atoms with van der Waals surface area (Å²) in [5.41, 5.74) is 23.8. The Hall–Kier alpha value is -8.62. The highest BCUT2D eigenvalue weighted by Gasteiger charge is 2.46. The lowest BCUT2D eigenvalue weighted by Gasteiger charge is -2.45. The standard InChI is InChI=1S/C71H61BN2O5/c1-69(2,3)47-20-25-57(52(37-47)42-14-10-9-11-15-42)74-58-26-21-48(70(4,5)6)38-55(58)72-56-40-66-67(78-31-30-77-66)41-59(56)73(49-22-27-63-65(39-49)76-29-28-75-63)60-34-46(35-61(74)68(60)72)43-18-23-50-51-24-19-45(33-54(51)71(7,8)53(50)32-43)64-36-44-16-12-13-17-62(44)79-64/h9-27,32-41H,28-31H2,1-8H3. The number of fused-ring (bicyclic) bond motifs is 10. The predicted octanol–water partition coefficient (Wildman–Crippen LogP) is 16.0. The zero-order valence-corrected chi connectivity index (χ0v) is 46.1. The van der Waals surface area contributed by atoms with Crippen molar-refractivity contribution in [2.24, 2.45) is 0 Å². The van der Waals surface area contributed by atoms with Crippen LogP contribution in [-0.2, 0) is 16.2 Å². The summed E-state index contributed by atoms with van der Waals surface area (Å²) in [5.74, 6) is 3.86. The van der Waals surface area contributed by atoms with Crippen LogP contribution in [-0.4, -0.2) is 33.1 Å². The van der Waals surface area contributed by atoms with Gasteiger partial charge in [-0.15, -0.1) is 0 Å². The van der Waals surface area contributed by atoms with Crippen LogP contribution in [0.1, 0.15) is 77.6 Å². The topological polar surface area (TPSA) is 56.5 Å². The van der Waals surface area contributed by atoms with Gasteiger partial charge in [0.1, 0.15) is 37.8 Å². The van der Waals surface area contributed by atoms with E-state index < -0.39 is 0 Å². The van der Waals surface area contributed by atoms with Crippen molar-refractivity contribution in [2.45, 2.75) is 71.6 Å². The first-order chi connectivity index (χ1) is 38.2. The van der Waals surface area contributed by atoms with Crippen molar-refractivity contribution < 1.29 is 23.4 Å². The molecule has 388 valence electrons. The minimum atomic E-state index is -0.303. The molecule has 0 fully saturated rings. The molecule has 0 radical (unpaired) electrons. The summed E-state index contributed by atoms with van der Waals surface area (Å²) in [6, 6.07) is 65.5. The zero-order valence-electron chi connectivity index (χ0n) is 46.1. The molecule has 10 aromatic rings. The summed E-state index contributed by atoms with van der Waals surface area (Å²) in [6.07, 6.45) is 0. The minimum absolute atomic E-state index is 0.0809. The van der Waals surface area contributed by atoms with E-state index >= 15 is 0 Å². The molecule has 1 aromatic heterocycles. The van der Waals surface area contributed by atoms with Crippen LogP contribution < -0.4 is 45.1 Å². The summed E-state index contributed by atoms with van der Waals surface area (Å²) >= 11 is 0. The number of para-hydroxylation sites is 1. The maximum absolute atomic E-state index is 6.49. The van der Waals surface area contributed by atoms with Gasteiger partial charge in [0, 0.05) is 56.8 Å². The van der Waals surface area contributed by atoms with Crippen molar-refractivity contribution in [1.82, 2.24) is 0 Å². The third kappa shape index (κ3) is 7.47. The fourth-order valence-electron chi connectivity index (χ4n) is 13.1. The van der Waals surface area contributed by atoms with Gasteiger partial charge in [-0.2, -0.15) is 0 Å². The van der Waals surface area contributed by atoms with Crippen molar-refractivity contribution in [2.75, 3.05) is 36.2 Å². The lowest BCUT2D eigenvalue weighted by molar-refractivity contribution is 0.171. The monoisotopic (exact) mass is 1030 g/mol. The highest BCUT2D eigenvalue weighted by Crippen LogP contribution is 2.54. The van der Waals surface area contributed by atoms with Gasteiger partial charge in [0.15, 0.2) is 23.0 Å². The van der Waals surface area contributed by atoms with Crippen LogP contribution in [0.15, 0.2) is 180 Å². The average Bonchev–Trinajstić information content (AvgIpc) is 4.08. The Bertz CT molecular complexity index is 4150. The molecular weight excluding hydrogens is 972 g/mol. The highest BCUT2D eigenvalue weighted by molar-refractivity contribution is 7.00. The summed E-state index contributed by atoms with van der Waals surface area (Å²) in [4.78, 5) is 5.02. The lowest BCUT2D eigenvalue weighted by Crippen LogP contribution is -2.61. The molecule has 4 aliphatic heterocycles. The second kappa shape index (κ2) is 17.2. The summed E-state index contributed by atoms with van der Waals surface area (Å²) in [5, 5.41) is 1.10. The Kier molecular flexibility index (Phi) is 10.4. The third-order valence-corrected chi connectivity index (χ3v) is 17.3. The van der Waals surface area contributed by atoms with Crippen LogP contribution in [0.5, 0.6) is 23.0 Å². The molecule has 5 aliphatic rings. The second-order valence-corrected chi connectivity index (χ2v) is 24.6. The number of anilines is 6. The SMILES string of the molecule is CC(C)(C)c1ccc2c(c1)B1c3cc4c(cc3N(c3ccc5c(c3)OCCO5)c3cc(-c5ccc6c(c5)C(C)(C)c5cc(-c7cc8ccccc8o7)ccc5-6)cc(c31)N2c1ccc(C(C)(C)C)cc1-c1ccccc1)OCCO4. The molecule has 8 heteroatoms. The Morgan fingerprint density at radius 2 is 1.01 bits per heavy atom. The number of ether oxygens (including phenoxy) is 4. The highest BCUT2D eigenvalue weighted by atomic mass is 16.6. The first-order valence-electron chi connectivity index (χ1n) is 27.9. The van der Waals surface area contributed by atoms with E-state index in [9.17, 15) is 0 Å². The Balaban J connectivity index is 1.00. The van der Waals surface area contributed by atoms with Crippen molar-refractivity contribution in [3.63, 3.8) is 0 Å². The molecule has 1 aliphatic carbocycles. The predicted molar refractivity (Wildman–Crippen MR) is 323 cm³/mol. The molecule has 9 aromatic carbocycles. The molecule has 0 saturated carbocycles. The third-order valence-electron chi connectivity index (χ3n) is 17.3. The molecule has 0 atom stereocenters. The van der Waals surface area contributed by atoms with E-state index in [1.54, 1.807) is 0 Å². The van der Waals surface area contributed by atoms with E-state index in [2.05, 4.69) is 229 Å². The van der Waals surface area contributed by atoms with Gasteiger partial charge in [-0.25, -0.2) is 0 Å². The molecule has 0 saturated heterocycles. The largest absolute Gasteiger partial charge is 0.486 e. The van der Waals surface area contributed by atoms with E-state index in [-0.39, 0.29) is 23.0 Å². The summed E-state index contributed by atoms with van der Waals surface area (Å²) in [6.45, 7) is 20.4. The van der Waals surface area contributed by atoms with Crippen molar-refractivity contribution in [1.29, 1.82) is 0 Å². The molecule has 15 rings (SSSR count). The van der Waals surface area contributed by atoms with Crippen LogP contribution in [0.2, 0.25) is 0 Å². The quantitative estimate of drug-likeness (QED) is 0.159. The molecule has 7 nitrogen and oxygen atoms in total. The van der Waals surface area contributed by atoms with Crippen molar-refractivity contribution >= 4 is 68.2 Å². The maximum atomic E-state index is 6.49. The van der Waals surface area contributed by atoms with Gasteiger partial charge < -0.3 is 33.2 Å². The molecule has 79 heavy (non-hydrogen) atoms. The first-order valence-corrected chi connectivity index (χ1v) is 27.9. The number of furan rings is 1. The van der Waals surface area contributed by atoms with Gasteiger partial charge in [0.2, 0.25) is 0 Å². The molecule has 0 amide bonds. The Labute approximate surface area is 463 Å². The van der Waals surface area contributed by atoms with Gasteiger partial charge in [0.25, 0.3) is 6.71 Å². The number of nitrogens with zero attached hydrogens (tertiary/aromatic N) is 2. The summed E-state index contributed by atoms with van der Waals surface area (Å²) < 4.78 is 31.9. The van der Waals surface area contributed by atoms with Gasteiger partial charge >= 0.3 is 0 Å². The molecule has 0 N–H and O–H groups in total. The number of rotatable bonds is 5. The van der Waals surface area contributed by atoms with Crippen LogP contribution >= 0.6 is 0 Å². The van der Waals surface area contributed by atoms with Gasteiger partial charge in [0.05, 0.1) is 11.4 Å². The van der Waals surface area contributed by atoms with Gasteiger partial charge in [-0.3, -0.25) is 0 Å². The average molecular weight is 1030 g/mol. The smallest absolute Gasteiger partial charge is 0.252 e. The lowest BCUT2D eigenvalue weighted by atomic mass is 9.33. The second-order valence-electron chi connectivity index (χ2n) is 24.6. The van der Waals surface area contributed by atoms with E-state index in [1.165, 1.54) is 55.4 Å². The first kappa shape index (κ1) is 47.6. The fraction of sp³-hybridized carbons (Fsp3) is 0.211. The molecule has 0 bridgehead atoms. The molecule has 5 heterocycles. The zero-order chi connectivity index (χ0) is 53.7. The number of hydrogen-bond acceptors (Lipinski definition) is 7. The number of hydrogen-bond donors (Lipinski definition) is 0. The molecule has 0 spiro atoms.